The number of nitrogens with one attached hydrogen (secondary N) is 1. The molecule has 3 aromatic rings. The summed E-state index contributed by atoms with van der Waals surface area (Å²) in [6.07, 6.45) is 6.04. The highest BCUT2D eigenvalue weighted by Crippen LogP contribution is 2.49. The molecular weight excluding hydrogens is 478 g/mol. The number of hydrogen-bond donors (Lipinski definition) is 1. The van der Waals surface area contributed by atoms with E-state index < -0.39 is 10.0 Å². The van der Waals surface area contributed by atoms with Gasteiger partial charge in [0.05, 0.1) is 22.7 Å². The van der Waals surface area contributed by atoms with Crippen molar-refractivity contribution in [1.82, 2.24) is 9.73 Å². The first-order valence-corrected chi connectivity index (χ1v) is 14.0. The quantitative estimate of drug-likeness (QED) is 0.239. The summed E-state index contributed by atoms with van der Waals surface area (Å²) < 4.78 is 26.1. The second-order valence-corrected chi connectivity index (χ2v) is 11.5. The minimum absolute atomic E-state index is 0.0117. The van der Waals surface area contributed by atoms with Crippen LogP contribution in [-0.2, 0) is 10.0 Å². The van der Waals surface area contributed by atoms with E-state index in [1.165, 1.54) is 24.8 Å². The molecule has 3 aromatic carbocycles. The van der Waals surface area contributed by atoms with Gasteiger partial charge in [-0.2, -0.15) is 18.4 Å². The molecule has 182 valence electrons. The molecule has 1 saturated heterocycles. The average Bonchev–Trinajstić information content (AvgIpc) is 3.62. The van der Waals surface area contributed by atoms with E-state index in [2.05, 4.69) is 39.1 Å². The summed E-state index contributed by atoms with van der Waals surface area (Å²) >= 11 is 6.17. The minimum atomic E-state index is -3.80. The second-order valence-electron chi connectivity index (χ2n) is 9.45. The molecule has 0 aromatic heterocycles. The van der Waals surface area contributed by atoms with Crippen LogP contribution in [0.4, 0.5) is 0 Å². The average molecular weight is 508 g/mol. The van der Waals surface area contributed by atoms with E-state index in [1.807, 2.05) is 37.3 Å². The highest BCUT2D eigenvalue weighted by atomic mass is 35.5. The molecule has 1 unspecified atom stereocenters. The Morgan fingerprint density at radius 3 is 2.23 bits per heavy atom. The maximum atomic E-state index is 13.1. The number of halogens is 1. The highest BCUT2D eigenvalue weighted by molar-refractivity contribution is 7.89. The van der Waals surface area contributed by atoms with Crippen LogP contribution in [0.25, 0.3) is 0 Å². The number of sulfonamides is 1. The molecule has 5 rings (SSSR count). The zero-order valence-electron chi connectivity index (χ0n) is 19.8. The molecule has 5 nitrogen and oxygen atoms in total. The number of rotatable bonds is 7. The number of nitrogens with zero attached hydrogens (tertiary/aromatic N) is 2. The monoisotopic (exact) mass is 507 g/mol. The SMILES string of the molecule is Cc1ccc(S(=O)(=O)N/N=C(/c2ccc(Cl)cc2)[C@@H]2[C@H](c3ccccc3)N2C2CCCCC2)cc1. The molecule has 1 heterocycles. The lowest BCUT2D eigenvalue weighted by atomic mass is 9.95. The Kier molecular flexibility index (Phi) is 6.96. The zero-order chi connectivity index (χ0) is 24.4. The Bertz CT molecular complexity index is 1290. The van der Waals surface area contributed by atoms with Gasteiger partial charge in [0.1, 0.15) is 0 Å². The summed E-state index contributed by atoms with van der Waals surface area (Å²) in [5.74, 6) is 0. The third kappa shape index (κ3) is 5.30. The minimum Gasteiger partial charge on any atom is -0.281 e. The van der Waals surface area contributed by atoms with Gasteiger partial charge >= 0.3 is 0 Å². The molecule has 1 aliphatic heterocycles. The first-order valence-electron chi connectivity index (χ1n) is 12.2. The second kappa shape index (κ2) is 10.1. The maximum absolute atomic E-state index is 13.1. The Hall–Kier alpha value is -2.67. The maximum Gasteiger partial charge on any atom is 0.276 e. The van der Waals surface area contributed by atoms with Crippen LogP contribution in [0.2, 0.25) is 5.02 Å². The van der Waals surface area contributed by atoms with E-state index in [1.54, 1.807) is 24.3 Å². The van der Waals surface area contributed by atoms with Gasteiger partial charge in [-0.25, -0.2) is 0 Å². The van der Waals surface area contributed by atoms with E-state index in [0.717, 1.165) is 29.7 Å². The summed E-state index contributed by atoms with van der Waals surface area (Å²) in [7, 11) is -3.80. The van der Waals surface area contributed by atoms with E-state index >= 15 is 0 Å². The van der Waals surface area contributed by atoms with Crippen LogP contribution in [0, 0.1) is 6.92 Å². The lowest BCUT2D eigenvalue weighted by Crippen LogP contribution is -2.28. The first kappa shape index (κ1) is 24.0. The van der Waals surface area contributed by atoms with Gasteiger partial charge in [0, 0.05) is 11.1 Å². The first-order chi connectivity index (χ1) is 16.9. The van der Waals surface area contributed by atoms with Gasteiger partial charge in [0.2, 0.25) is 0 Å². The largest absolute Gasteiger partial charge is 0.281 e. The third-order valence-electron chi connectivity index (χ3n) is 7.03. The van der Waals surface area contributed by atoms with Crippen LogP contribution in [0.3, 0.4) is 0 Å². The standard InChI is InChI=1S/C28H30ClN3O2S/c1-20-12-18-25(19-13-20)35(33,34)31-30-26(21-14-16-23(29)17-15-21)28-27(22-8-4-2-5-9-22)32(28)24-10-6-3-7-11-24/h2,4-5,8-9,12-19,24,27-28,31H,3,6-7,10-11H2,1H3/b30-26-/t27-,28+,32?/m0/s1. The predicted octanol–water partition coefficient (Wildman–Crippen LogP) is 6.09. The molecule has 3 atom stereocenters. The molecule has 0 radical (unpaired) electrons. The fraction of sp³-hybridized carbons (Fsp3) is 0.321. The van der Waals surface area contributed by atoms with Crippen molar-refractivity contribution in [3.05, 3.63) is 101 Å². The summed E-state index contributed by atoms with van der Waals surface area (Å²) in [5, 5.41) is 5.20. The van der Waals surface area contributed by atoms with Crippen molar-refractivity contribution in [2.45, 2.75) is 62.0 Å². The van der Waals surface area contributed by atoms with E-state index in [0.29, 0.717) is 11.1 Å². The van der Waals surface area contributed by atoms with Gasteiger partial charge in [-0.3, -0.25) is 4.90 Å². The van der Waals surface area contributed by atoms with Crippen molar-refractivity contribution in [2.75, 3.05) is 0 Å². The molecule has 2 aliphatic rings. The van der Waals surface area contributed by atoms with Crippen LogP contribution < -0.4 is 4.83 Å². The van der Waals surface area contributed by atoms with Crippen molar-refractivity contribution in [1.29, 1.82) is 0 Å². The van der Waals surface area contributed by atoms with Crippen LogP contribution in [0.5, 0.6) is 0 Å². The van der Waals surface area contributed by atoms with Crippen molar-refractivity contribution >= 4 is 27.3 Å². The molecule has 1 saturated carbocycles. The third-order valence-corrected chi connectivity index (χ3v) is 8.50. The van der Waals surface area contributed by atoms with Gasteiger partial charge in [0.15, 0.2) is 0 Å². The molecule has 1 N–H and O–H groups in total. The number of aryl methyl sites for hydroxylation is 1. The highest BCUT2D eigenvalue weighted by Gasteiger charge is 2.55. The van der Waals surface area contributed by atoms with Crippen LogP contribution in [0.1, 0.15) is 54.8 Å². The Morgan fingerprint density at radius 2 is 1.57 bits per heavy atom. The fourth-order valence-electron chi connectivity index (χ4n) is 5.18. The molecule has 0 spiro atoms. The van der Waals surface area contributed by atoms with E-state index in [4.69, 9.17) is 11.6 Å². The van der Waals surface area contributed by atoms with Crippen molar-refractivity contribution in [3.63, 3.8) is 0 Å². The number of benzene rings is 3. The Balaban J connectivity index is 1.52. The zero-order valence-corrected chi connectivity index (χ0v) is 21.3. The van der Waals surface area contributed by atoms with Gasteiger partial charge in [-0.05, 0) is 55.2 Å². The lowest BCUT2D eigenvalue weighted by molar-refractivity contribution is 0.277. The van der Waals surface area contributed by atoms with Gasteiger partial charge in [-0.1, -0.05) is 91.0 Å². The summed E-state index contributed by atoms with van der Waals surface area (Å²) in [5.41, 5.74) is 3.81. The van der Waals surface area contributed by atoms with Crippen molar-refractivity contribution in [3.8, 4) is 0 Å². The Morgan fingerprint density at radius 1 is 0.914 bits per heavy atom. The molecule has 7 heteroatoms. The lowest BCUT2D eigenvalue weighted by Gasteiger charge is -2.24. The Labute approximate surface area is 212 Å². The number of hydrogen-bond acceptors (Lipinski definition) is 4. The molecule has 0 bridgehead atoms. The van der Waals surface area contributed by atoms with Crippen LogP contribution in [-0.4, -0.2) is 31.1 Å². The summed E-state index contributed by atoms with van der Waals surface area (Å²) in [6, 6.07) is 25.3. The van der Waals surface area contributed by atoms with Crippen LogP contribution in [0.15, 0.2) is 88.9 Å². The number of hydrazone groups is 1. The van der Waals surface area contributed by atoms with Crippen molar-refractivity contribution in [2.24, 2.45) is 5.10 Å². The van der Waals surface area contributed by atoms with Gasteiger partial charge in [-0.15, -0.1) is 0 Å². The molecule has 0 amide bonds. The molecule has 1 aliphatic carbocycles. The molecule has 35 heavy (non-hydrogen) atoms. The van der Waals surface area contributed by atoms with E-state index in [9.17, 15) is 8.42 Å². The summed E-state index contributed by atoms with van der Waals surface area (Å²) in [6.45, 7) is 1.93. The topological polar surface area (TPSA) is 61.5 Å². The van der Waals surface area contributed by atoms with E-state index in [-0.39, 0.29) is 17.0 Å². The van der Waals surface area contributed by atoms with Crippen molar-refractivity contribution < 1.29 is 8.42 Å². The van der Waals surface area contributed by atoms with Gasteiger partial charge < -0.3 is 0 Å². The van der Waals surface area contributed by atoms with Crippen LogP contribution >= 0.6 is 11.6 Å². The molecule has 2 fully saturated rings. The smallest absolute Gasteiger partial charge is 0.276 e. The molecular formula is C28H30ClN3O2S. The normalized spacial score (nSPS) is 23.1. The summed E-state index contributed by atoms with van der Waals surface area (Å²) in [4.78, 5) is 5.24. The predicted molar refractivity (Wildman–Crippen MR) is 141 cm³/mol. The van der Waals surface area contributed by atoms with Gasteiger partial charge in [0.25, 0.3) is 10.0 Å². The fourth-order valence-corrected chi connectivity index (χ4v) is 6.12.